The van der Waals surface area contributed by atoms with Crippen LogP contribution in [-0.2, 0) is 11.3 Å². The SMILES string of the molecule is COc1ccc(Br)cc1CN(C)C(=O)OC(C)(C)C. The zero-order valence-corrected chi connectivity index (χ0v) is 13.6. The maximum atomic E-state index is 11.9. The maximum Gasteiger partial charge on any atom is 0.410 e. The summed E-state index contributed by atoms with van der Waals surface area (Å²) >= 11 is 3.41. The number of rotatable bonds is 3. The number of carbonyl (C=O) groups excluding carboxylic acids is 1. The molecule has 0 bridgehead atoms. The Bertz CT molecular complexity index is 454. The molecule has 4 nitrogen and oxygen atoms in total. The zero-order chi connectivity index (χ0) is 14.6. The average molecular weight is 330 g/mol. The summed E-state index contributed by atoms with van der Waals surface area (Å²) in [7, 11) is 3.31. The number of halogens is 1. The summed E-state index contributed by atoms with van der Waals surface area (Å²) in [5.41, 5.74) is 0.428. The number of benzene rings is 1. The van der Waals surface area contributed by atoms with E-state index in [1.165, 1.54) is 4.90 Å². The van der Waals surface area contributed by atoms with E-state index in [-0.39, 0.29) is 6.09 Å². The van der Waals surface area contributed by atoms with Crippen molar-refractivity contribution in [2.45, 2.75) is 32.9 Å². The van der Waals surface area contributed by atoms with Gasteiger partial charge >= 0.3 is 6.09 Å². The molecule has 0 unspecified atom stereocenters. The predicted octanol–water partition coefficient (Wildman–Crippen LogP) is 3.82. The Hall–Kier alpha value is -1.23. The third-order valence-electron chi connectivity index (χ3n) is 2.36. The Morgan fingerprint density at radius 3 is 2.53 bits per heavy atom. The first-order chi connectivity index (χ1) is 8.73. The Kier molecular flexibility index (Phi) is 5.23. The van der Waals surface area contributed by atoms with E-state index in [2.05, 4.69) is 15.9 Å². The van der Waals surface area contributed by atoms with Crippen molar-refractivity contribution in [1.29, 1.82) is 0 Å². The first-order valence-electron chi connectivity index (χ1n) is 5.99. The summed E-state index contributed by atoms with van der Waals surface area (Å²) in [6, 6.07) is 5.69. The third-order valence-corrected chi connectivity index (χ3v) is 2.85. The minimum absolute atomic E-state index is 0.352. The molecule has 106 valence electrons. The van der Waals surface area contributed by atoms with Gasteiger partial charge in [0.05, 0.1) is 13.7 Å². The molecule has 5 heteroatoms. The van der Waals surface area contributed by atoms with Crippen molar-refractivity contribution in [1.82, 2.24) is 4.90 Å². The molecule has 0 aromatic heterocycles. The van der Waals surface area contributed by atoms with Gasteiger partial charge in [-0.1, -0.05) is 15.9 Å². The summed E-state index contributed by atoms with van der Waals surface area (Å²) in [5.74, 6) is 0.749. The minimum atomic E-state index is -0.493. The van der Waals surface area contributed by atoms with Crippen LogP contribution >= 0.6 is 15.9 Å². The molecule has 0 N–H and O–H groups in total. The monoisotopic (exact) mass is 329 g/mol. The number of methoxy groups -OCH3 is 1. The number of hydrogen-bond donors (Lipinski definition) is 0. The van der Waals surface area contributed by atoms with Gasteiger partial charge in [0.2, 0.25) is 0 Å². The topological polar surface area (TPSA) is 38.8 Å². The average Bonchev–Trinajstić information content (AvgIpc) is 2.27. The van der Waals surface area contributed by atoms with Crippen molar-refractivity contribution in [2.24, 2.45) is 0 Å². The van der Waals surface area contributed by atoms with E-state index in [0.29, 0.717) is 6.54 Å². The number of amides is 1. The lowest BCUT2D eigenvalue weighted by Gasteiger charge is -2.25. The lowest BCUT2D eigenvalue weighted by Crippen LogP contribution is -2.33. The Balaban J connectivity index is 2.79. The van der Waals surface area contributed by atoms with Gasteiger partial charge in [0.1, 0.15) is 11.4 Å². The molecule has 19 heavy (non-hydrogen) atoms. The summed E-state index contributed by atoms with van der Waals surface area (Å²) in [4.78, 5) is 13.4. The second kappa shape index (κ2) is 6.28. The highest BCUT2D eigenvalue weighted by Gasteiger charge is 2.20. The minimum Gasteiger partial charge on any atom is -0.496 e. The lowest BCUT2D eigenvalue weighted by atomic mass is 10.2. The zero-order valence-electron chi connectivity index (χ0n) is 12.0. The standard InChI is InChI=1S/C14H20BrNO3/c1-14(2,3)19-13(17)16(4)9-10-8-11(15)6-7-12(10)18-5/h6-8H,9H2,1-5H3. The summed E-state index contributed by atoms with van der Waals surface area (Å²) in [5, 5.41) is 0. The Morgan fingerprint density at radius 2 is 2.00 bits per heavy atom. The molecule has 0 heterocycles. The molecule has 1 aromatic carbocycles. The Labute approximate surface area is 122 Å². The molecule has 0 saturated carbocycles. The molecule has 1 rings (SSSR count). The van der Waals surface area contributed by atoms with Crippen molar-refractivity contribution >= 4 is 22.0 Å². The van der Waals surface area contributed by atoms with Gasteiger partial charge in [-0.3, -0.25) is 0 Å². The molecule has 0 fully saturated rings. The highest BCUT2D eigenvalue weighted by Crippen LogP contribution is 2.24. The number of nitrogens with zero attached hydrogens (tertiary/aromatic N) is 1. The van der Waals surface area contributed by atoms with Crippen LogP contribution in [0.1, 0.15) is 26.3 Å². The number of carbonyl (C=O) groups is 1. The molecule has 0 aliphatic rings. The van der Waals surface area contributed by atoms with Crippen LogP contribution in [0.5, 0.6) is 5.75 Å². The first kappa shape index (κ1) is 15.8. The molecule has 1 amide bonds. The van der Waals surface area contributed by atoms with Gasteiger partial charge in [0.25, 0.3) is 0 Å². The number of ether oxygens (including phenoxy) is 2. The second-order valence-electron chi connectivity index (χ2n) is 5.29. The fourth-order valence-corrected chi connectivity index (χ4v) is 1.94. The van der Waals surface area contributed by atoms with Crippen molar-refractivity contribution in [2.75, 3.05) is 14.2 Å². The van der Waals surface area contributed by atoms with Gasteiger partial charge in [-0.05, 0) is 39.0 Å². The molecular weight excluding hydrogens is 310 g/mol. The number of hydrogen-bond acceptors (Lipinski definition) is 3. The van der Waals surface area contributed by atoms with Crippen molar-refractivity contribution in [3.05, 3.63) is 28.2 Å². The van der Waals surface area contributed by atoms with E-state index in [9.17, 15) is 4.79 Å². The van der Waals surface area contributed by atoms with Crippen LogP contribution in [0.2, 0.25) is 0 Å². The largest absolute Gasteiger partial charge is 0.496 e. The van der Waals surface area contributed by atoms with E-state index in [1.54, 1.807) is 14.2 Å². The van der Waals surface area contributed by atoms with Crippen LogP contribution in [0.3, 0.4) is 0 Å². The van der Waals surface area contributed by atoms with Gasteiger partial charge in [-0.25, -0.2) is 4.79 Å². The summed E-state index contributed by atoms with van der Waals surface area (Å²) in [6.07, 6.45) is -0.352. The lowest BCUT2D eigenvalue weighted by molar-refractivity contribution is 0.0284. The Morgan fingerprint density at radius 1 is 1.37 bits per heavy atom. The van der Waals surface area contributed by atoms with E-state index in [1.807, 2.05) is 39.0 Å². The normalized spacial score (nSPS) is 11.1. The molecular formula is C14H20BrNO3. The predicted molar refractivity (Wildman–Crippen MR) is 78.4 cm³/mol. The summed E-state index contributed by atoms with van der Waals surface area (Å²) in [6.45, 7) is 5.97. The smallest absolute Gasteiger partial charge is 0.410 e. The van der Waals surface area contributed by atoms with Gasteiger partial charge in [-0.15, -0.1) is 0 Å². The highest BCUT2D eigenvalue weighted by atomic mass is 79.9. The van der Waals surface area contributed by atoms with Gasteiger partial charge < -0.3 is 14.4 Å². The van der Waals surface area contributed by atoms with Crippen molar-refractivity contribution < 1.29 is 14.3 Å². The van der Waals surface area contributed by atoms with Crippen LogP contribution in [0.25, 0.3) is 0 Å². The van der Waals surface area contributed by atoms with E-state index >= 15 is 0 Å². The van der Waals surface area contributed by atoms with Gasteiger partial charge in [0.15, 0.2) is 0 Å². The van der Waals surface area contributed by atoms with Crippen molar-refractivity contribution in [3.63, 3.8) is 0 Å². The van der Waals surface area contributed by atoms with Crippen LogP contribution in [0.15, 0.2) is 22.7 Å². The van der Waals surface area contributed by atoms with Crippen LogP contribution in [0.4, 0.5) is 4.79 Å². The highest BCUT2D eigenvalue weighted by molar-refractivity contribution is 9.10. The second-order valence-corrected chi connectivity index (χ2v) is 6.21. The molecule has 0 spiro atoms. The van der Waals surface area contributed by atoms with E-state index in [4.69, 9.17) is 9.47 Å². The molecule has 0 atom stereocenters. The molecule has 0 radical (unpaired) electrons. The molecule has 0 aliphatic heterocycles. The molecule has 1 aromatic rings. The van der Waals surface area contributed by atoms with Gasteiger partial charge in [-0.2, -0.15) is 0 Å². The van der Waals surface area contributed by atoms with Crippen LogP contribution in [0, 0.1) is 0 Å². The third kappa shape index (κ3) is 5.11. The van der Waals surface area contributed by atoms with Crippen LogP contribution in [-0.4, -0.2) is 30.8 Å². The molecule has 0 aliphatic carbocycles. The molecule has 0 saturated heterocycles. The fourth-order valence-electron chi connectivity index (χ4n) is 1.53. The first-order valence-corrected chi connectivity index (χ1v) is 6.79. The van der Waals surface area contributed by atoms with Crippen LogP contribution < -0.4 is 4.74 Å². The van der Waals surface area contributed by atoms with Gasteiger partial charge in [0, 0.05) is 17.1 Å². The van der Waals surface area contributed by atoms with E-state index < -0.39 is 5.60 Å². The summed E-state index contributed by atoms with van der Waals surface area (Å²) < 4.78 is 11.5. The van der Waals surface area contributed by atoms with Crippen molar-refractivity contribution in [3.8, 4) is 5.75 Å². The maximum absolute atomic E-state index is 11.9. The van der Waals surface area contributed by atoms with E-state index in [0.717, 1.165) is 15.8 Å². The fraction of sp³-hybridized carbons (Fsp3) is 0.500. The quantitative estimate of drug-likeness (QED) is 0.846.